The Morgan fingerprint density at radius 3 is 1.37 bits per heavy atom. The van der Waals surface area contributed by atoms with Gasteiger partial charge in [0.1, 0.15) is 0 Å². The van der Waals surface area contributed by atoms with E-state index < -0.39 is 0 Å². The summed E-state index contributed by atoms with van der Waals surface area (Å²) in [7, 11) is 2.97. The third-order valence-electron chi connectivity index (χ3n) is 3.70. The number of hydrogen-bond donors (Lipinski definition) is 0. The fourth-order valence-electron chi connectivity index (χ4n) is 2.48. The number of benzene rings is 3. The first-order valence-electron chi connectivity index (χ1n) is 8.55. The van der Waals surface area contributed by atoms with Crippen molar-refractivity contribution in [3.63, 3.8) is 0 Å². The van der Waals surface area contributed by atoms with Crippen molar-refractivity contribution in [2.24, 2.45) is 0 Å². The first-order valence-corrected chi connectivity index (χ1v) is 9.55. The van der Waals surface area contributed by atoms with Gasteiger partial charge in [0.15, 0.2) is 0 Å². The molecule has 0 saturated carbocycles. The van der Waals surface area contributed by atoms with Gasteiger partial charge in [0.2, 0.25) is 0 Å². The molecule has 0 aliphatic rings. The van der Waals surface area contributed by atoms with Gasteiger partial charge >= 0.3 is 26.2 Å². The van der Waals surface area contributed by atoms with E-state index in [9.17, 15) is 0 Å². The van der Waals surface area contributed by atoms with Crippen LogP contribution in [-0.4, -0.2) is 10.2 Å². The van der Waals surface area contributed by atoms with Crippen LogP contribution in [0.4, 0.5) is 0 Å². The zero-order valence-electron chi connectivity index (χ0n) is 15.5. The molecule has 0 nitrogen and oxygen atoms in total. The number of fused-ring (bicyclic) bond motifs is 2. The van der Waals surface area contributed by atoms with Crippen molar-refractivity contribution in [3.8, 4) is 0 Å². The Bertz CT molecular complexity index is 814. The van der Waals surface area contributed by atoms with E-state index in [4.69, 9.17) is 0 Å². The van der Waals surface area contributed by atoms with Gasteiger partial charge in [-0.2, -0.15) is 71.4 Å². The molecule has 0 N–H and O–H groups in total. The van der Waals surface area contributed by atoms with E-state index >= 15 is 0 Å². The molecule has 0 aliphatic heterocycles. The Balaban J connectivity index is 0.000000194. The monoisotopic (exact) mass is 440 g/mol. The van der Waals surface area contributed by atoms with Gasteiger partial charge in [-0.05, 0) is 0 Å². The summed E-state index contributed by atoms with van der Waals surface area (Å²) >= 11 is 0. The molecule has 0 aliphatic carbocycles. The van der Waals surface area contributed by atoms with Crippen LogP contribution < -0.4 is 0 Å². The summed E-state index contributed by atoms with van der Waals surface area (Å²) in [5.41, 5.74) is 0. The average molecular weight is 442 g/mol. The molecule has 27 heavy (non-hydrogen) atoms. The summed E-state index contributed by atoms with van der Waals surface area (Å²) in [6.07, 6.45) is 0. The molecule has 0 bridgehead atoms. The SMILES string of the molecule is C[Si].[Zr+3].[c-]1ccccc1.c1ccc2[cH-]ccc2c1.c1ccc2[cH-]ccc2c1. The standard InChI is InChI=1S/2C9H7.C6H5.CH3Si.Zr/c2*1-2-5-9-7-3-6-8(9)4-1;1-2-4-6-5-3-1;1-2;/h2*1-7H;1-5H;1H3;/q3*-1;;+3. The van der Waals surface area contributed by atoms with Crippen LogP contribution in [0.1, 0.15) is 0 Å². The van der Waals surface area contributed by atoms with Gasteiger partial charge in [-0.3, -0.25) is 0 Å². The Hall–Kier alpha value is -2.02. The molecule has 2 heteroatoms. The molecule has 5 aromatic carbocycles. The average Bonchev–Trinajstić information content (AvgIpc) is 3.41. The summed E-state index contributed by atoms with van der Waals surface area (Å²) < 4.78 is 0. The third kappa shape index (κ3) is 8.03. The van der Waals surface area contributed by atoms with Gasteiger partial charge in [0, 0.05) is 10.2 Å². The smallest absolute Gasteiger partial charge is 0.184 e. The van der Waals surface area contributed by atoms with Crippen LogP contribution in [0.25, 0.3) is 21.5 Å². The predicted molar refractivity (Wildman–Crippen MR) is 116 cm³/mol. The normalized spacial score (nSPS) is 8.81. The van der Waals surface area contributed by atoms with E-state index in [1.54, 1.807) is 6.55 Å². The van der Waals surface area contributed by atoms with Crippen LogP contribution in [0.5, 0.6) is 0 Å². The molecule has 130 valence electrons. The van der Waals surface area contributed by atoms with Crippen molar-refractivity contribution in [1.29, 1.82) is 0 Å². The molecule has 4 radical (unpaired) electrons. The van der Waals surface area contributed by atoms with Crippen molar-refractivity contribution in [3.05, 3.63) is 121 Å². The van der Waals surface area contributed by atoms with Crippen LogP contribution in [0.2, 0.25) is 6.55 Å². The minimum atomic E-state index is 0. The topological polar surface area (TPSA) is 0 Å². The van der Waals surface area contributed by atoms with Gasteiger partial charge in [-0.15, -0.1) is 59.3 Å². The number of rotatable bonds is 0. The molecule has 0 amide bonds. The Morgan fingerprint density at radius 2 is 1.04 bits per heavy atom. The zero-order valence-corrected chi connectivity index (χ0v) is 18.9. The second-order valence-electron chi connectivity index (χ2n) is 5.39. The van der Waals surface area contributed by atoms with Crippen molar-refractivity contribution < 1.29 is 26.2 Å². The maximum absolute atomic E-state index is 2.97. The fourth-order valence-corrected chi connectivity index (χ4v) is 2.48. The minimum Gasteiger partial charge on any atom is -0.184 e. The molecule has 5 aromatic rings. The maximum atomic E-state index is 2.97. The Kier molecular flexibility index (Phi) is 12.0. The van der Waals surface area contributed by atoms with E-state index in [0.717, 1.165) is 0 Å². The summed E-state index contributed by atoms with van der Waals surface area (Å²) in [5.74, 6) is 0. The predicted octanol–water partition coefficient (Wildman–Crippen LogP) is 6.80. The minimum absolute atomic E-state index is 0. The van der Waals surface area contributed by atoms with Gasteiger partial charge in [-0.25, -0.2) is 0 Å². The molecular formula is C25H22SiZr. The Morgan fingerprint density at radius 1 is 0.593 bits per heavy atom. The first-order chi connectivity index (χ1) is 12.9. The molecule has 0 atom stereocenters. The van der Waals surface area contributed by atoms with E-state index in [2.05, 4.69) is 101 Å². The van der Waals surface area contributed by atoms with Crippen LogP contribution in [0, 0.1) is 6.07 Å². The van der Waals surface area contributed by atoms with Crippen LogP contribution in [0.3, 0.4) is 0 Å². The number of hydrogen-bond acceptors (Lipinski definition) is 0. The van der Waals surface area contributed by atoms with Crippen LogP contribution in [0.15, 0.2) is 115 Å². The summed E-state index contributed by atoms with van der Waals surface area (Å²) in [6, 6.07) is 41.8. The van der Waals surface area contributed by atoms with E-state index in [1.165, 1.54) is 21.5 Å². The summed E-state index contributed by atoms with van der Waals surface area (Å²) in [5, 5.41) is 5.32. The zero-order chi connectivity index (χ0) is 18.5. The van der Waals surface area contributed by atoms with Crippen molar-refractivity contribution in [2.45, 2.75) is 6.55 Å². The molecule has 0 spiro atoms. The third-order valence-corrected chi connectivity index (χ3v) is 3.70. The molecular weight excluding hydrogens is 420 g/mol. The van der Waals surface area contributed by atoms with E-state index in [-0.39, 0.29) is 26.2 Å². The van der Waals surface area contributed by atoms with Crippen LogP contribution in [-0.2, 0) is 26.2 Å². The van der Waals surface area contributed by atoms with Gasteiger partial charge in [0.05, 0.1) is 0 Å². The van der Waals surface area contributed by atoms with Crippen LogP contribution >= 0.6 is 0 Å². The molecule has 0 heterocycles. The summed E-state index contributed by atoms with van der Waals surface area (Å²) in [4.78, 5) is 0. The van der Waals surface area contributed by atoms with Gasteiger partial charge in [-0.1, -0.05) is 18.7 Å². The van der Waals surface area contributed by atoms with Crippen molar-refractivity contribution in [2.75, 3.05) is 0 Å². The van der Waals surface area contributed by atoms with Crippen molar-refractivity contribution in [1.82, 2.24) is 0 Å². The first kappa shape index (κ1) is 23.0. The van der Waals surface area contributed by atoms with Gasteiger partial charge in [0.25, 0.3) is 0 Å². The second-order valence-corrected chi connectivity index (χ2v) is 5.39. The molecule has 5 rings (SSSR count). The van der Waals surface area contributed by atoms with Crippen molar-refractivity contribution >= 4 is 31.8 Å². The van der Waals surface area contributed by atoms with E-state index in [1.807, 2.05) is 30.3 Å². The quantitative estimate of drug-likeness (QED) is 0.183. The largest absolute Gasteiger partial charge is 3.00 e. The second kappa shape index (κ2) is 14.1. The van der Waals surface area contributed by atoms with Gasteiger partial charge < -0.3 is 0 Å². The maximum Gasteiger partial charge on any atom is 3.00 e. The molecule has 0 aromatic heterocycles. The Labute approximate surface area is 185 Å². The molecule has 0 saturated heterocycles. The molecule has 0 unspecified atom stereocenters. The molecule has 0 fully saturated rings. The van der Waals surface area contributed by atoms with E-state index in [0.29, 0.717) is 0 Å². The fraction of sp³-hybridized carbons (Fsp3) is 0.0400. The summed E-state index contributed by atoms with van der Waals surface area (Å²) in [6.45, 7) is 1.81.